The molecule has 1 amide bonds. The van der Waals surface area contributed by atoms with Crippen molar-refractivity contribution in [2.75, 3.05) is 19.7 Å². The van der Waals surface area contributed by atoms with Crippen LogP contribution in [0.5, 0.6) is 0 Å². The molecule has 6 nitrogen and oxygen atoms in total. The van der Waals surface area contributed by atoms with Crippen molar-refractivity contribution in [3.05, 3.63) is 59.5 Å². The Kier molecular flexibility index (Phi) is 4.74. The van der Waals surface area contributed by atoms with Crippen molar-refractivity contribution in [2.24, 2.45) is 0 Å². The van der Waals surface area contributed by atoms with Crippen LogP contribution in [0.25, 0.3) is 5.57 Å². The van der Waals surface area contributed by atoms with Gasteiger partial charge < -0.3 is 14.2 Å². The second-order valence-electron chi connectivity index (χ2n) is 5.59. The molecule has 24 heavy (non-hydrogen) atoms. The quantitative estimate of drug-likeness (QED) is 0.807. The highest BCUT2D eigenvalue weighted by molar-refractivity contribution is 5.89. The summed E-state index contributed by atoms with van der Waals surface area (Å²) in [5.41, 5.74) is 2.99. The second kappa shape index (κ2) is 7.12. The normalized spacial score (nSPS) is 14.2. The van der Waals surface area contributed by atoms with E-state index in [1.807, 2.05) is 24.3 Å². The van der Waals surface area contributed by atoms with Crippen molar-refractivity contribution in [3.63, 3.8) is 0 Å². The first-order chi connectivity index (χ1) is 11.6. The van der Waals surface area contributed by atoms with E-state index in [0.717, 1.165) is 6.42 Å². The average molecular weight is 326 g/mol. The molecule has 0 atom stereocenters. The minimum atomic E-state index is -0.679. The third kappa shape index (κ3) is 3.71. The fraction of sp³-hybridized carbons (Fsp3) is 0.278. The van der Waals surface area contributed by atoms with Gasteiger partial charge in [0.05, 0.1) is 5.69 Å². The number of amides is 1. The number of nitrogens with zero attached hydrogens (tertiary/aromatic N) is 2. The number of carbonyl (C=O) groups excluding carboxylic acids is 2. The van der Waals surface area contributed by atoms with E-state index in [4.69, 9.17) is 9.26 Å². The molecular formula is C18H18N2O4. The van der Waals surface area contributed by atoms with Crippen LogP contribution in [-0.4, -0.2) is 41.6 Å². The first-order valence-electron chi connectivity index (χ1n) is 7.76. The lowest BCUT2D eigenvalue weighted by atomic mass is 10.00. The Balaban J connectivity index is 1.52. The van der Waals surface area contributed by atoms with Crippen molar-refractivity contribution < 1.29 is 18.8 Å². The highest BCUT2D eigenvalue weighted by Crippen LogP contribution is 2.22. The highest BCUT2D eigenvalue weighted by Gasteiger charge is 2.20. The van der Waals surface area contributed by atoms with Gasteiger partial charge in [-0.05, 0) is 24.5 Å². The molecule has 0 N–H and O–H groups in total. The van der Waals surface area contributed by atoms with Crippen LogP contribution in [-0.2, 0) is 9.53 Å². The lowest BCUT2D eigenvalue weighted by Crippen LogP contribution is -2.37. The number of hydrogen-bond acceptors (Lipinski definition) is 5. The van der Waals surface area contributed by atoms with Gasteiger partial charge in [0.1, 0.15) is 0 Å². The molecule has 0 saturated heterocycles. The summed E-state index contributed by atoms with van der Waals surface area (Å²) in [6.07, 6.45) is 2.82. The fourth-order valence-electron chi connectivity index (χ4n) is 2.56. The number of ether oxygens (including phenoxy) is 1. The number of benzene rings is 1. The Labute approximate surface area is 139 Å². The Morgan fingerprint density at radius 1 is 1.29 bits per heavy atom. The SMILES string of the molecule is Cc1cc(C(=O)OCC(=O)N2CC=C(c3ccccc3)CC2)on1. The topological polar surface area (TPSA) is 72.6 Å². The molecular weight excluding hydrogens is 308 g/mol. The maximum atomic E-state index is 12.2. The molecule has 0 spiro atoms. The van der Waals surface area contributed by atoms with Crippen molar-refractivity contribution in [2.45, 2.75) is 13.3 Å². The third-order valence-corrected chi connectivity index (χ3v) is 3.86. The van der Waals surface area contributed by atoms with Gasteiger partial charge in [-0.1, -0.05) is 41.6 Å². The smallest absolute Gasteiger partial charge is 0.377 e. The third-order valence-electron chi connectivity index (χ3n) is 3.86. The Bertz CT molecular complexity index is 764. The van der Waals surface area contributed by atoms with Crippen molar-refractivity contribution in [1.29, 1.82) is 0 Å². The van der Waals surface area contributed by atoms with Gasteiger partial charge in [-0.2, -0.15) is 0 Å². The molecule has 0 bridgehead atoms. The molecule has 1 aromatic heterocycles. The molecule has 2 aromatic rings. The predicted octanol–water partition coefficient (Wildman–Crippen LogP) is 2.46. The number of carbonyl (C=O) groups is 2. The van der Waals surface area contributed by atoms with Crippen LogP contribution in [0, 0.1) is 6.92 Å². The lowest BCUT2D eigenvalue weighted by molar-refractivity contribution is -0.134. The molecule has 0 radical (unpaired) electrons. The fourth-order valence-corrected chi connectivity index (χ4v) is 2.56. The summed E-state index contributed by atoms with van der Waals surface area (Å²) in [6.45, 7) is 2.53. The summed E-state index contributed by atoms with van der Waals surface area (Å²) in [4.78, 5) is 25.6. The van der Waals surface area contributed by atoms with Gasteiger partial charge in [-0.25, -0.2) is 4.79 Å². The minimum absolute atomic E-state index is 0.00482. The van der Waals surface area contributed by atoms with Crippen LogP contribution in [0.2, 0.25) is 0 Å². The summed E-state index contributed by atoms with van der Waals surface area (Å²) < 4.78 is 9.79. The first-order valence-corrected chi connectivity index (χ1v) is 7.76. The van der Waals surface area contributed by atoms with Gasteiger partial charge in [0, 0.05) is 19.2 Å². The number of esters is 1. The zero-order valence-electron chi connectivity index (χ0n) is 13.4. The van der Waals surface area contributed by atoms with E-state index in [9.17, 15) is 9.59 Å². The molecule has 6 heteroatoms. The molecule has 0 aliphatic carbocycles. The van der Waals surface area contributed by atoms with Crippen LogP contribution in [0.3, 0.4) is 0 Å². The van der Waals surface area contributed by atoms with E-state index in [1.165, 1.54) is 17.2 Å². The molecule has 0 unspecified atom stereocenters. The average Bonchev–Trinajstić information content (AvgIpc) is 3.07. The Morgan fingerprint density at radius 2 is 2.08 bits per heavy atom. The van der Waals surface area contributed by atoms with Crippen molar-refractivity contribution in [3.8, 4) is 0 Å². The standard InChI is InChI=1S/C18H18N2O4/c1-13-11-16(24-19-13)18(22)23-12-17(21)20-9-7-15(8-10-20)14-5-3-2-4-6-14/h2-7,11H,8-10,12H2,1H3. The summed E-state index contributed by atoms with van der Waals surface area (Å²) in [5, 5.41) is 3.61. The van der Waals surface area contributed by atoms with E-state index in [2.05, 4.69) is 17.3 Å². The molecule has 3 rings (SSSR count). The van der Waals surface area contributed by atoms with Crippen LogP contribution < -0.4 is 0 Å². The molecule has 1 aliphatic heterocycles. The highest BCUT2D eigenvalue weighted by atomic mass is 16.6. The number of aromatic nitrogens is 1. The van der Waals surface area contributed by atoms with Crippen molar-refractivity contribution in [1.82, 2.24) is 10.1 Å². The monoisotopic (exact) mass is 326 g/mol. The summed E-state index contributed by atoms with van der Waals surface area (Å²) in [7, 11) is 0. The zero-order chi connectivity index (χ0) is 16.9. The van der Waals surface area contributed by atoms with E-state index in [0.29, 0.717) is 18.8 Å². The van der Waals surface area contributed by atoms with E-state index in [-0.39, 0.29) is 18.3 Å². The maximum absolute atomic E-state index is 12.2. The lowest BCUT2D eigenvalue weighted by Gasteiger charge is -2.26. The van der Waals surface area contributed by atoms with Gasteiger partial charge in [0.2, 0.25) is 5.76 Å². The van der Waals surface area contributed by atoms with Gasteiger partial charge in [-0.3, -0.25) is 4.79 Å². The van der Waals surface area contributed by atoms with E-state index in [1.54, 1.807) is 11.8 Å². The number of aryl methyl sites for hydroxylation is 1. The molecule has 1 aliphatic rings. The minimum Gasteiger partial charge on any atom is -0.450 e. The maximum Gasteiger partial charge on any atom is 0.377 e. The van der Waals surface area contributed by atoms with Gasteiger partial charge >= 0.3 is 5.97 Å². The zero-order valence-corrected chi connectivity index (χ0v) is 13.4. The van der Waals surface area contributed by atoms with Gasteiger partial charge in [0.25, 0.3) is 5.91 Å². The van der Waals surface area contributed by atoms with E-state index >= 15 is 0 Å². The van der Waals surface area contributed by atoms with Crippen LogP contribution >= 0.6 is 0 Å². The summed E-state index contributed by atoms with van der Waals surface area (Å²) in [6, 6.07) is 11.6. The van der Waals surface area contributed by atoms with Crippen LogP contribution in [0.1, 0.15) is 28.2 Å². The van der Waals surface area contributed by atoms with Gasteiger partial charge in [0.15, 0.2) is 6.61 Å². The predicted molar refractivity (Wildman–Crippen MR) is 87.1 cm³/mol. The molecule has 124 valence electrons. The molecule has 1 aromatic carbocycles. The largest absolute Gasteiger partial charge is 0.450 e. The Morgan fingerprint density at radius 3 is 2.71 bits per heavy atom. The summed E-state index contributed by atoms with van der Waals surface area (Å²) >= 11 is 0. The van der Waals surface area contributed by atoms with Crippen molar-refractivity contribution >= 4 is 17.4 Å². The van der Waals surface area contributed by atoms with Crippen LogP contribution in [0.15, 0.2) is 47.0 Å². The summed E-state index contributed by atoms with van der Waals surface area (Å²) in [5.74, 6) is -0.894. The molecule has 2 heterocycles. The number of hydrogen-bond donors (Lipinski definition) is 0. The number of rotatable bonds is 4. The van der Waals surface area contributed by atoms with Gasteiger partial charge in [-0.15, -0.1) is 0 Å². The molecule has 0 saturated carbocycles. The molecule has 0 fully saturated rings. The Hall–Kier alpha value is -2.89. The first kappa shape index (κ1) is 16.0. The van der Waals surface area contributed by atoms with Crippen LogP contribution in [0.4, 0.5) is 0 Å². The van der Waals surface area contributed by atoms with E-state index < -0.39 is 5.97 Å². The second-order valence-corrected chi connectivity index (χ2v) is 5.59.